The van der Waals surface area contributed by atoms with Crippen LogP contribution in [-0.4, -0.2) is 15.4 Å². The minimum Gasteiger partial charge on any atom is -0.288 e. The van der Waals surface area contributed by atoms with Gasteiger partial charge in [-0.15, -0.1) is 5.10 Å². The molecule has 3 nitrogen and oxygen atoms in total. The van der Waals surface area contributed by atoms with Crippen molar-refractivity contribution < 1.29 is 22.4 Å². The van der Waals surface area contributed by atoms with Crippen molar-refractivity contribution in [3.8, 4) is 0 Å². The Balaban J connectivity index is 2.41. The van der Waals surface area contributed by atoms with E-state index < -0.39 is 23.3 Å². The molecule has 0 saturated heterocycles. The van der Waals surface area contributed by atoms with Gasteiger partial charge in [0.2, 0.25) is 5.78 Å². The van der Waals surface area contributed by atoms with Crippen molar-refractivity contribution >= 4 is 17.3 Å². The molecule has 0 saturated carbocycles. The number of benzene rings is 1. The van der Waals surface area contributed by atoms with E-state index >= 15 is 0 Å². The average molecular weight is 318 g/mol. The Bertz CT molecular complexity index is 679. The van der Waals surface area contributed by atoms with Crippen molar-refractivity contribution in [1.82, 2.24) is 9.59 Å². The first-order chi connectivity index (χ1) is 9.71. The molecular weight excluding hydrogens is 308 g/mol. The fraction of sp³-hybridized carbons (Fsp3) is 0.308. The molecule has 1 aromatic heterocycles. The van der Waals surface area contributed by atoms with E-state index in [0.717, 1.165) is 17.6 Å². The van der Waals surface area contributed by atoms with Crippen LogP contribution in [0.3, 0.4) is 0 Å². The zero-order valence-corrected chi connectivity index (χ0v) is 11.8. The van der Waals surface area contributed by atoms with Crippen molar-refractivity contribution in [3.05, 3.63) is 45.7 Å². The molecule has 0 aliphatic heterocycles. The fourth-order valence-corrected chi connectivity index (χ4v) is 2.53. The van der Waals surface area contributed by atoms with Crippen LogP contribution in [0, 0.1) is 5.82 Å². The highest BCUT2D eigenvalue weighted by atomic mass is 32.1. The smallest absolute Gasteiger partial charge is 0.288 e. The van der Waals surface area contributed by atoms with E-state index in [9.17, 15) is 22.4 Å². The number of carbonyl (C=O) groups is 1. The number of alkyl halides is 3. The van der Waals surface area contributed by atoms with Gasteiger partial charge in [0.15, 0.2) is 0 Å². The maximum atomic E-state index is 13.5. The Morgan fingerprint density at radius 1 is 1.29 bits per heavy atom. The summed E-state index contributed by atoms with van der Waals surface area (Å²) in [5, 5.41) is 3.82. The van der Waals surface area contributed by atoms with Crippen LogP contribution >= 0.6 is 11.5 Å². The van der Waals surface area contributed by atoms with E-state index in [2.05, 4.69) is 9.59 Å². The van der Waals surface area contributed by atoms with E-state index in [1.54, 1.807) is 13.8 Å². The summed E-state index contributed by atoms with van der Waals surface area (Å²) in [6.45, 7) is 3.61. The molecule has 1 heterocycles. The minimum absolute atomic E-state index is 0.0676. The van der Waals surface area contributed by atoms with Crippen LogP contribution in [0.15, 0.2) is 18.2 Å². The molecule has 0 N–H and O–H groups in total. The summed E-state index contributed by atoms with van der Waals surface area (Å²) in [7, 11) is 0. The second kappa shape index (κ2) is 5.51. The quantitative estimate of drug-likeness (QED) is 0.633. The van der Waals surface area contributed by atoms with E-state index in [-0.39, 0.29) is 16.4 Å². The van der Waals surface area contributed by atoms with Gasteiger partial charge in [-0.25, -0.2) is 4.39 Å². The number of halogens is 4. The van der Waals surface area contributed by atoms with Crippen molar-refractivity contribution in [2.45, 2.75) is 25.9 Å². The van der Waals surface area contributed by atoms with Crippen LogP contribution in [0.2, 0.25) is 0 Å². The summed E-state index contributed by atoms with van der Waals surface area (Å²) in [5.74, 6) is -2.12. The van der Waals surface area contributed by atoms with Gasteiger partial charge in [0.05, 0.1) is 11.3 Å². The Kier molecular flexibility index (Phi) is 4.08. The summed E-state index contributed by atoms with van der Waals surface area (Å²) >= 11 is 0.841. The van der Waals surface area contributed by atoms with Crippen LogP contribution < -0.4 is 0 Å². The van der Waals surface area contributed by atoms with Gasteiger partial charge in [0.25, 0.3) is 0 Å². The van der Waals surface area contributed by atoms with E-state index in [4.69, 9.17) is 0 Å². The third-order valence-electron chi connectivity index (χ3n) is 2.80. The van der Waals surface area contributed by atoms with E-state index in [1.807, 2.05) is 0 Å². The molecule has 2 rings (SSSR count). The Morgan fingerprint density at radius 2 is 1.95 bits per heavy atom. The average Bonchev–Trinajstić information content (AvgIpc) is 2.85. The lowest BCUT2D eigenvalue weighted by atomic mass is 10.0. The molecule has 0 fully saturated rings. The molecule has 112 valence electrons. The van der Waals surface area contributed by atoms with Gasteiger partial charge in [-0.1, -0.05) is 24.4 Å². The predicted molar refractivity (Wildman–Crippen MR) is 68.8 cm³/mol. The third-order valence-corrected chi connectivity index (χ3v) is 3.54. The van der Waals surface area contributed by atoms with Crippen LogP contribution in [0.25, 0.3) is 0 Å². The predicted octanol–water partition coefficient (Wildman–Crippen LogP) is 4.05. The maximum Gasteiger partial charge on any atom is 0.419 e. The number of nitrogens with zero attached hydrogens (tertiary/aromatic N) is 2. The first kappa shape index (κ1) is 15.6. The molecule has 0 aliphatic carbocycles. The van der Waals surface area contributed by atoms with Crippen LogP contribution in [0.1, 0.15) is 46.3 Å². The number of ketones is 1. The molecule has 0 amide bonds. The Hall–Kier alpha value is -1.83. The lowest BCUT2D eigenvalue weighted by molar-refractivity contribution is -0.140. The summed E-state index contributed by atoms with van der Waals surface area (Å²) < 4.78 is 54.6. The number of aromatic nitrogens is 2. The Labute approximate surface area is 121 Å². The zero-order chi connectivity index (χ0) is 15.8. The maximum absolute atomic E-state index is 13.5. The van der Waals surface area contributed by atoms with Gasteiger partial charge in [0.1, 0.15) is 10.7 Å². The molecule has 0 spiro atoms. The van der Waals surface area contributed by atoms with Gasteiger partial charge in [-0.3, -0.25) is 4.79 Å². The molecule has 8 heteroatoms. The van der Waals surface area contributed by atoms with Gasteiger partial charge >= 0.3 is 6.18 Å². The molecular formula is C13H10F4N2OS. The van der Waals surface area contributed by atoms with E-state index in [0.29, 0.717) is 17.8 Å². The van der Waals surface area contributed by atoms with Crippen molar-refractivity contribution in [3.63, 3.8) is 0 Å². The number of rotatable bonds is 3. The molecule has 21 heavy (non-hydrogen) atoms. The second-order valence-corrected chi connectivity index (χ2v) is 5.42. The highest BCUT2D eigenvalue weighted by Crippen LogP contribution is 2.32. The third kappa shape index (κ3) is 3.10. The first-order valence-corrected chi connectivity index (χ1v) is 6.73. The monoisotopic (exact) mass is 318 g/mol. The standard InChI is InChI=1S/C13H10F4N2OS/c1-6(2)10-12(21-19-18-10)11(20)7-3-4-8(9(14)5-7)13(15,16)17/h3-6H,1-2H3. The number of hydrogen-bond acceptors (Lipinski definition) is 4. The molecule has 0 bridgehead atoms. The summed E-state index contributed by atoms with van der Waals surface area (Å²) in [6.07, 6.45) is -4.79. The van der Waals surface area contributed by atoms with Crippen molar-refractivity contribution in [2.24, 2.45) is 0 Å². The number of hydrogen-bond donors (Lipinski definition) is 0. The largest absolute Gasteiger partial charge is 0.419 e. The topological polar surface area (TPSA) is 42.9 Å². The van der Waals surface area contributed by atoms with Crippen LogP contribution in [0.4, 0.5) is 17.6 Å². The van der Waals surface area contributed by atoms with E-state index in [1.165, 1.54) is 0 Å². The normalized spacial score (nSPS) is 12.0. The summed E-state index contributed by atoms with van der Waals surface area (Å²) in [5.41, 5.74) is -1.11. The zero-order valence-electron chi connectivity index (χ0n) is 11.0. The van der Waals surface area contributed by atoms with Gasteiger partial charge in [-0.2, -0.15) is 13.2 Å². The lowest BCUT2D eigenvalue weighted by Gasteiger charge is -2.09. The van der Waals surface area contributed by atoms with Crippen molar-refractivity contribution in [2.75, 3.05) is 0 Å². The highest BCUT2D eigenvalue weighted by molar-refractivity contribution is 7.08. The van der Waals surface area contributed by atoms with Gasteiger partial charge < -0.3 is 0 Å². The minimum atomic E-state index is -4.79. The molecule has 0 radical (unpaired) electrons. The summed E-state index contributed by atoms with van der Waals surface area (Å²) in [4.78, 5) is 12.4. The molecule has 0 unspecified atom stereocenters. The lowest BCUT2D eigenvalue weighted by Crippen LogP contribution is -2.10. The van der Waals surface area contributed by atoms with Gasteiger partial charge in [-0.05, 0) is 29.6 Å². The SMILES string of the molecule is CC(C)c1nnsc1C(=O)c1ccc(C(F)(F)F)c(F)c1. The number of carbonyl (C=O) groups excluding carboxylic acids is 1. The van der Waals surface area contributed by atoms with Crippen molar-refractivity contribution in [1.29, 1.82) is 0 Å². The Morgan fingerprint density at radius 3 is 2.48 bits per heavy atom. The second-order valence-electron chi connectivity index (χ2n) is 4.66. The highest BCUT2D eigenvalue weighted by Gasteiger charge is 2.34. The molecule has 2 aromatic rings. The molecule has 0 aliphatic rings. The first-order valence-electron chi connectivity index (χ1n) is 5.95. The van der Waals surface area contributed by atoms with Crippen LogP contribution in [0.5, 0.6) is 0 Å². The van der Waals surface area contributed by atoms with Gasteiger partial charge in [0, 0.05) is 5.56 Å². The summed E-state index contributed by atoms with van der Waals surface area (Å²) in [6, 6.07) is 2.11. The molecule has 0 atom stereocenters. The molecule has 1 aromatic carbocycles. The van der Waals surface area contributed by atoms with Crippen LogP contribution in [-0.2, 0) is 6.18 Å². The fourth-order valence-electron chi connectivity index (χ4n) is 1.75.